The largest absolute Gasteiger partial charge is 0.466 e. The van der Waals surface area contributed by atoms with E-state index < -0.39 is 23.9 Å². The molecule has 2 rings (SSSR count). The summed E-state index contributed by atoms with van der Waals surface area (Å²) >= 11 is 0. The molecule has 0 spiro atoms. The normalized spacial score (nSPS) is 25.5. The van der Waals surface area contributed by atoms with Crippen LogP contribution >= 0.6 is 0 Å². The van der Waals surface area contributed by atoms with E-state index in [-0.39, 0.29) is 17.1 Å². The van der Waals surface area contributed by atoms with E-state index >= 15 is 0 Å². The van der Waals surface area contributed by atoms with E-state index in [4.69, 9.17) is 0 Å². The summed E-state index contributed by atoms with van der Waals surface area (Å²) in [6.45, 7) is 1.66. The molecule has 1 N–H and O–H groups in total. The number of rotatable bonds is 2. The van der Waals surface area contributed by atoms with E-state index in [1.165, 1.54) is 14.2 Å². The summed E-state index contributed by atoms with van der Waals surface area (Å²) in [5.41, 5.74) is 0.887. The molecule has 0 radical (unpaired) electrons. The summed E-state index contributed by atoms with van der Waals surface area (Å²) in [6, 6.07) is -0.497. The number of carbonyl (C=O) groups excluding carboxylic acids is 3. The molecule has 0 aromatic carbocycles. The Morgan fingerprint density at radius 1 is 1.22 bits per heavy atom. The van der Waals surface area contributed by atoms with Crippen LogP contribution in [-0.4, -0.2) is 38.1 Å². The Morgan fingerprint density at radius 3 is 2.33 bits per heavy atom. The van der Waals surface area contributed by atoms with Crippen LogP contribution in [0.3, 0.4) is 0 Å². The summed E-state index contributed by atoms with van der Waals surface area (Å²) in [5.74, 6) is -1.81. The zero-order valence-corrected chi connectivity index (χ0v) is 10.3. The number of hydrogen-bond acceptors (Lipinski definition) is 5. The van der Waals surface area contributed by atoms with E-state index in [0.29, 0.717) is 5.57 Å². The lowest BCUT2D eigenvalue weighted by atomic mass is 9.75. The van der Waals surface area contributed by atoms with Crippen LogP contribution in [0.2, 0.25) is 0 Å². The average Bonchev–Trinajstić information content (AvgIpc) is 2.37. The van der Waals surface area contributed by atoms with Crippen LogP contribution in [0.1, 0.15) is 6.92 Å². The Morgan fingerprint density at radius 2 is 1.83 bits per heavy atom. The number of esters is 2. The number of carbonyl (C=O) groups is 3. The average molecular weight is 251 g/mol. The summed E-state index contributed by atoms with van der Waals surface area (Å²) in [7, 11) is 2.47. The van der Waals surface area contributed by atoms with Gasteiger partial charge in [-0.1, -0.05) is 6.08 Å². The summed E-state index contributed by atoms with van der Waals surface area (Å²) in [4.78, 5) is 34.9. The van der Waals surface area contributed by atoms with Crippen LogP contribution in [-0.2, 0) is 23.9 Å². The Bertz CT molecular complexity index is 503. The van der Waals surface area contributed by atoms with Crippen LogP contribution in [0, 0.1) is 5.92 Å². The molecule has 1 heterocycles. The van der Waals surface area contributed by atoms with E-state index in [2.05, 4.69) is 14.8 Å². The minimum absolute atomic E-state index is 0.161. The number of fused-ring (bicyclic) bond motifs is 1. The van der Waals surface area contributed by atoms with Gasteiger partial charge in [-0.05, 0) is 12.5 Å². The molecule has 1 saturated heterocycles. The van der Waals surface area contributed by atoms with Crippen molar-refractivity contribution >= 4 is 17.8 Å². The van der Waals surface area contributed by atoms with Gasteiger partial charge in [-0.2, -0.15) is 0 Å². The number of amides is 1. The van der Waals surface area contributed by atoms with Crippen LogP contribution in [0.25, 0.3) is 0 Å². The van der Waals surface area contributed by atoms with Gasteiger partial charge < -0.3 is 14.8 Å². The first kappa shape index (κ1) is 12.3. The molecule has 0 bridgehead atoms. The maximum Gasteiger partial charge on any atom is 0.338 e. The molecule has 6 heteroatoms. The van der Waals surface area contributed by atoms with Crippen molar-refractivity contribution in [3.05, 3.63) is 22.8 Å². The second-order valence-corrected chi connectivity index (χ2v) is 4.13. The van der Waals surface area contributed by atoms with Gasteiger partial charge in [0.05, 0.1) is 37.3 Å². The van der Waals surface area contributed by atoms with Gasteiger partial charge in [0.2, 0.25) is 5.91 Å². The third-order valence-corrected chi connectivity index (χ3v) is 3.16. The third kappa shape index (κ3) is 1.61. The highest BCUT2D eigenvalue weighted by molar-refractivity contribution is 6.08. The highest BCUT2D eigenvalue weighted by Gasteiger charge is 2.47. The number of nitrogens with one attached hydrogen (secondary N) is 1. The number of β-lactam (4-membered cyclic amide) rings is 1. The van der Waals surface area contributed by atoms with Crippen molar-refractivity contribution in [3.63, 3.8) is 0 Å². The van der Waals surface area contributed by atoms with Gasteiger partial charge in [-0.25, -0.2) is 9.59 Å². The first-order valence-corrected chi connectivity index (χ1v) is 5.41. The molecule has 0 aromatic heterocycles. The van der Waals surface area contributed by atoms with Crippen LogP contribution < -0.4 is 5.32 Å². The number of methoxy groups -OCH3 is 2. The first-order valence-electron chi connectivity index (χ1n) is 5.41. The maximum atomic E-state index is 11.8. The van der Waals surface area contributed by atoms with E-state index in [9.17, 15) is 14.4 Å². The van der Waals surface area contributed by atoms with Crippen LogP contribution in [0.4, 0.5) is 0 Å². The molecular weight excluding hydrogens is 238 g/mol. The van der Waals surface area contributed by atoms with Gasteiger partial charge in [0.1, 0.15) is 0 Å². The van der Waals surface area contributed by atoms with Crippen molar-refractivity contribution in [2.24, 2.45) is 5.92 Å². The Labute approximate surface area is 104 Å². The SMILES string of the molecule is COC(=O)C1=C(C(=O)OC)C2NC(=O)C2C=C1C. The van der Waals surface area contributed by atoms with E-state index in [0.717, 1.165) is 0 Å². The second-order valence-electron chi connectivity index (χ2n) is 4.13. The predicted molar refractivity (Wildman–Crippen MR) is 60.2 cm³/mol. The highest BCUT2D eigenvalue weighted by Crippen LogP contribution is 2.35. The van der Waals surface area contributed by atoms with Crippen molar-refractivity contribution < 1.29 is 23.9 Å². The molecule has 2 unspecified atom stereocenters. The minimum Gasteiger partial charge on any atom is -0.466 e. The molecule has 0 saturated carbocycles. The Kier molecular flexibility index (Phi) is 2.94. The minimum atomic E-state index is -0.627. The van der Waals surface area contributed by atoms with Crippen molar-refractivity contribution in [1.29, 1.82) is 0 Å². The molecule has 18 heavy (non-hydrogen) atoms. The lowest BCUT2D eigenvalue weighted by Crippen LogP contribution is -2.61. The number of hydrogen-bond donors (Lipinski definition) is 1. The Hall–Kier alpha value is -2.11. The summed E-state index contributed by atoms with van der Waals surface area (Å²) in [6.07, 6.45) is 1.67. The lowest BCUT2D eigenvalue weighted by molar-refractivity contribution is -0.141. The summed E-state index contributed by atoms with van der Waals surface area (Å²) in [5, 5.41) is 2.59. The predicted octanol–water partition coefficient (Wildman–Crippen LogP) is -0.297. The zero-order chi connectivity index (χ0) is 13.4. The van der Waals surface area contributed by atoms with Crippen molar-refractivity contribution in [2.75, 3.05) is 14.2 Å². The smallest absolute Gasteiger partial charge is 0.338 e. The first-order chi connectivity index (χ1) is 8.51. The van der Waals surface area contributed by atoms with Crippen molar-refractivity contribution in [1.82, 2.24) is 5.32 Å². The molecule has 0 aromatic rings. The summed E-state index contributed by atoms with van der Waals surface area (Å²) < 4.78 is 9.33. The monoisotopic (exact) mass is 251 g/mol. The van der Waals surface area contributed by atoms with Crippen LogP contribution in [0.5, 0.6) is 0 Å². The van der Waals surface area contributed by atoms with Gasteiger partial charge in [-0.15, -0.1) is 0 Å². The van der Waals surface area contributed by atoms with E-state index in [1.807, 2.05) is 0 Å². The van der Waals surface area contributed by atoms with Crippen LogP contribution in [0.15, 0.2) is 22.8 Å². The standard InChI is InChI=1S/C12H13NO5/c1-5-4-6-9(13-10(6)14)8(12(16)18-3)7(5)11(15)17-2/h4,6,9H,1-3H3,(H,13,14). The molecule has 1 amide bonds. The van der Waals surface area contributed by atoms with Gasteiger partial charge in [0, 0.05) is 0 Å². The third-order valence-electron chi connectivity index (χ3n) is 3.16. The van der Waals surface area contributed by atoms with Crippen molar-refractivity contribution in [2.45, 2.75) is 13.0 Å². The van der Waals surface area contributed by atoms with Gasteiger partial charge in [0.15, 0.2) is 0 Å². The fourth-order valence-corrected chi connectivity index (χ4v) is 2.25. The van der Waals surface area contributed by atoms with Gasteiger partial charge in [0.25, 0.3) is 0 Å². The highest BCUT2D eigenvalue weighted by atomic mass is 16.5. The molecule has 6 nitrogen and oxygen atoms in total. The topological polar surface area (TPSA) is 81.7 Å². The molecule has 2 aliphatic rings. The molecule has 1 aliphatic carbocycles. The second kappa shape index (κ2) is 4.29. The van der Waals surface area contributed by atoms with Crippen molar-refractivity contribution in [3.8, 4) is 0 Å². The molecular formula is C12H13NO5. The fraction of sp³-hybridized carbons (Fsp3) is 0.417. The van der Waals surface area contributed by atoms with E-state index in [1.54, 1.807) is 13.0 Å². The lowest BCUT2D eigenvalue weighted by Gasteiger charge is -2.39. The molecule has 2 atom stereocenters. The Balaban J connectivity index is 2.52. The molecule has 1 fully saturated rings. The fourth-order valence-electron chi connectivity index (χ4n) is 2.25. The molecule has 1 aliphatic heterocycles. The molecule has 96 valence electrons. The number of ether oxygens (including phenoxy) is 2. The maximum absolute atomic E-state index is 11.8. The van der Waals surface area contributed by atoms with Gasteiger partial charge >= 0.3 is 11.9 Å². The zero-order valence-electron chi connectivity index (χ0n) is 10.3. The van der Waals surface area contributed by atoms with Gasteiger partial charge in [-0.3, -0.25) is 4.79 Å². The quantitative estimate of drug-likeness (QED) is 0.538.